The lowest BCUT2D eigenvalue weighted by Gasteiger charge is -2.18. The van der Waals surface area contributed by atoms with Crippen LogP contribution in [0.5, 0.6) is 0 Å². The second kappa shape index (κ2) is 6.21. The monoisotopic (exact) mass is 275 g/mol. The van der Waals surface area contributed by atoms with Gasteiger partial charge in [0.25, 0.3) is 0 Å². The molecule has 1 atom stereocenters. The van der Waals surface area contributed by atoms with Crippen molar-refractivity contribution in [2.75, 3.05) is 0 Å². The topological polar surface area (TPSA) is 55.4 Å². The molecule has 0 radical (unpaired) electrons. The number of benzene rings is 1. The Bertz CT molecular complexity index is 445. The number of rotatable bonds is 4. The number of ether oxygens (including phenoxy) is 1. The third-order valence-corrected chi connectivity index (χ3v) is 2.21. The lowest BCUT2D eigenvalue weighted by Crippen LogP contribution is -2.49. The Labute approximate surface area is 107 Å². The van der Waals surface area contributed by atoms with Crippen LogP contribution in [0.1, 0.15) is 12.5 Å². The highest BCUT2D eigenvalue weighted by Crippen LogP contribution is 2.20. The maximum atomic E-state index is 12.4. The molecule has 0 bridgehead atoms. The smallest absolute Gasteiger partial charge is 0.415 e. The molecule has 0 heterocycles. The number of Topliss-reactive ketones (excluding diaryl/α,β-unsaturated/α-hetero) is 1. The molecule has 0 saturated carbocycles. The Morgan fingerprint density at radius 1 is 1.26 bits per heavy atom. The molecule has 1 N–H and O–H groups in total. The van der Waals surface area contributed by atoms with E-state index in [2.05, 4.69) is 4.74 Å². The summed E-state index contributed by atoms with van der Waals surface area (Å²) in [6.07, 6.45) is -6.13. The van der Waals surface area contributed by atoms with Gasteiger partial charge in [-0.15, -0.1) is 0 Å². The van der Waals surface area contributed by atoms with Crippen LogP contribution in [0, 0.1) is 0 Å². The zero-order valence-electron chi connectivity index (χ0n) is 10.0. The van der Waals surface area contributed by atoms with E-state index in [1.807, 2.05) is 0 Å². The quantitative estimate of drug-likeness (QED) is 0.918. The van der Waals surface area contributed by atoms with Crippen LogP contribution in [0.3, 0.4) is 0 Å². The molecule has 0 aliphatic carbocycles. The predicted octanol–water partition coefficient (Wildman–Crippen LogP) is 2.43. The SMILES string of the molecule is CC(=O)C(NC(=O)OCc1ccccc1)C(F)(F)F. The summed E-state index contributed by atoms with van der Waals surface area (Å²) >= 11 is 0. The highest BCUT2D eigenvalue weighted by atomic mass is 19.4. The molecule has 0 aliphatic rings. The van der Waals surface area contributed by atoms with Gasteiger partial charge in [-0.3, -0.25) is 4.79 Å². The predicted molar refractivity (Wildman–Crippen MR) is 60.3 cm³/mol. The van der Waals surface area contributed by atoms with Crippen LogP contribution in [0.4, 0.5) is 18.0 Å². The van der Waals surface area contributed by atoms with Crippen LogP contribution in [-0.4, -0.2) is 24.1 Å². The Morgan fingerprint density at radius 2 is 1.84 bits per heavy atom. The summed E-state index contributed by atoms with van der Waals surface area (Å²) in [5, 5.41) is 1.49. The molecule has 1 aromatic carbocycles. The first-order valence-corrected chi connectivity index (χ1v) is 5.35. The van der Waals surface area contributed by atoms with E-state index in [-0.39, 0.29) is 6.61 Å². The van der Waals surface area contributed by atoms with Crippen LogP contribution in [0.25, 0.3) is 0 Å². The van der Waals surface area contributed by atoms with Gasteiger partial charge in [0.1, 0.15) is 6.61 Å². The van der Waals surface area contributed by atoms with Gasteiger partial charge in [-0.1, -0.05) is 30.3 Å². The molecule has 1 rings (SSSR count). The first-order valence-electron chi connectivity index (χ1n) is 5.35. The number of nitrogens with one attached hydrogen (secondary N) is 1. The average molecular weight is 275 g/mol. The fourth-order valence-electron chi connectivity index (χ4n) is 1.30. The van der Waals surface area contributed by atoms with Crippen molar-refractivity contribution in [1.29, 1.82) is 0 Å². The Kier molecular flexibility index (Phi) is 4.91. The molecule has 1 unspecified atom stereocenters. The Morgan fingerprint density at radius 3 is 2.32 bits per heavy atom. The molecule has 19 heavy (non-hydrogen) atoms. The van der Waals surface area contributed by atoms with Gasteiger partial charge in [0.2, 0.25) is 0 Å². The van der Waals surface area contributed by atoms with E-state index >= 15 is 0 Å². The summed E-state index contributed by atoms with van der Waals surface area (Å²) < 4.78 is 41.8. The van der Waals surface area contributed by atoms with Gasteiger partial charge in [-0.25, -0.2) is 4.79 Å². The zero-order valence-corrected chi connectivity index (χ0v) is 10.0. The molecule has 0 aromatic heterocycles. The van der Waals surface area contributed by atoms with E-state index in [1.54, 1.807) is 30.3 Å². The highest BCUT2D eigenvalue weighted by molar-refractivity contribution is 5.86. The van der Waals surface area contributed by atoms with Crippen LogP contribution in [-0.2, 0) is 16.1 Å². The number of amides is 1. The van der Waals surface area contributed by atoms with Crippen LogP contribution >= 0.6 is 0 Å². The number of carbonyl (C=O) groups is 2. The fourth-order valence-corrected chi connectivity index (χ4v) is 1.30. The van der Waals surface area contributed by atoms with Crippen molar-refractivity contribution < 1.29 is 27.5 Å². The second-order valence-electron chi connectivity index (χ2n) is 3.79. The van der Waals surface area contributed by atoms with Gasteiger partial charge in [-0.05, 0) is 12.5 Å². The van der Waals surface area contributed by atoms with E-state index in [0.717, 1.165) is 6.92 Å². The minimum atomic E-state index is -4.84. The second-order valence-corrected chi connectivity index (χ2v) is 3.79. The molecule has 0 spiro atoms. The fraction of sp³-hybridized carbons (Fsp3) is 0.333. The lowest BCUT2D eigenvalue weighted by molar-refractivity contribution is -0.164. The van der Waals surface area contributed by atoms with Gasteiger partial charge in [0, 0.05) is 0 Å². The molecule has 1 amide bonds. The van der Waals surface area contributed by atoms with E-state index < -0.39 is 24.1 Å². The standard InChI is InChI=1S/C12H12F3NO3/c1-8(17)10(12(13,14)15)16-11(18)19-7-9-5-3-2-4-6-9/h2-6,10H,7H2,1H3,(H,16,18). The van der Waals surface area contributed by atoms with Crippen molar-refractivity contribution in [3.05, 3.63) is 35.9 Å². The van der Waals surface area contributed by atoms with Crippen molar-refractivity contribution in [1.82, 2.24) is 5.32 Å². The van der Waals surface area contributed by atoms with Gasteiger partial charge in [-0.2, -0.15) is 13.2 Å². The van der Waals surface area contributed by atoms with Crippen molar-refractivity contribution in [3.63, 3.8) is 0 Å². The third kappa shape index (κ3) is 4.99. The lowest BCUT2D eigenvalue weighted by atomic mass is 10.2. The summed E-state index contributed by atoms with van der Waals surface area (Å²) in [5.41, 5.74) is 0.629. The highest BCUT2D eigenvalue weighted by Gasteiger charge is 2.44. The van der Waals surface area contributed by atoms with Gasteiger partial charge >= 0.3 is 12.3 Å². The molecular weight excluding hydrogens is 263 g/mol. The normalized spacial score (nSPS) is 12.6. The summed E-state index contributed by atoms with van der Waals surface area (Å²) in [4.78, 5) is 22.0. The molecular formula is C12H12F3NO3. The first-order chi connectivity index (χ1) is 8.80. The van der Waals surface area contributed by atoms with Crippen LogP contribution in [0.15, 0.2) is 30.3 Å². The number of hydrogen-bond acceptors (Lipinski definition) is 3. The van der Waals surface area contributed by atoms with Crippen molar-refractivity contribution >= 4 is 11.9 Å². The average Bonchev–Trinajstić information content (AvgIpc) is 2.33. The Balaban J connectivity index is 2.52. The molecule has 7 heteroatoms. The molecule has 1 aromatic rings. The molecule has 0 saturated heterocycles. The number of alkyl halides is 3. The molecule has 104 valence electrons. The largest absolute Gasteiger partial charge is 0.445 e. The number of ketones is 1. The number of halogens is 3. The minimum absolute atomic E-state index is 0.171. The van der Waals surface area contributed by atoms with Gasteiger partial charge < -0.3 is 10.1 Å². The maximum Gasteiger partial charge on any atom is 0.415 e. The van der Waals surface area contributed by atoms with Crippen molar-refractivity contribution in [3.8, 4) is 0 Å². The van der Waals surface area contributed by atoms with E-state index in [1.165, 1.54) is 5.32 Å². The third-order valence-electron chi connectivity index (χ3n) is 2.21. The summed E-state index contributed by atoms with van der Waals surface area (Å²) in [5.74, 6) is -1.20. The molecule has 4 nitrogen and oxygen atoms in total. The number of alkyl carbamates (subject to hydrolysis) is 1. The van der Waals surface area contributed by atoms with E-state index in [9.17, 15) is 22.8 Å². The summed E-state index contributed by atoms with van der Waals surface area (Å²) in [6.45, 7) is 0.574. The Hall–Kier alpha value is -2.05. The first kappa shape index (κ1) is 15.0. The van der Waals surface area contributed by atoms with Gasteiger partial charge in [0.05, 0.1) is 0 Å². The zero-order chi connectivity index (χ0) is 14.5. The van der Waals surface area contributed by atoms with Crippen molar-refractivity contribution in [2.45, 2.75) is 25.7 Å². The van der Waals surface area contributed by atoms with Gasteiger partial charge in [0.15, 0.2) is 11.8 Å². The van der Waals surface area contributed by atoms with E-state index in [4.69, 9.17) is 0 Å². The minimum Gasteiger partial charge on any atom is -0.445 e. The summed E-state index contributed by atoms with van der Waals surface area (Å²) in [6, 6.07) is 5.91. The number of carbonyl (C=O) groups excluding carboxylic acids is 2. The van der Waals surface area contributed by atoms with Crippen LogP contribution < -0.4 is 5.32 Å². The molecule has 0 fully saturated rings. The molecule has 0 aliphatic heterocycles. The summed E-state index contributed by atoms with van der Waals surface area (Å²) in [7, 11) is 0. The maximum absolute atomic E-state index is 12.4. The van der Waals surface area contributed by atoms with Crippen molar-refractivity contribution in [2.24, 2.45) is 0 Å². The number of hydrogen-bond donors (Lipinski definition) is 1. The van der Waals surface area contributed by atoms with E-state index in [0.29, 0.717) is 5.56 Å². The van der Waals surface area contributed by atoms with Crippen LogP contribution in [0.2, 0.25) is 0 Å².